The van der Waals surface area contributed by atoms with Gasteiger partial charge in [0.15, 0.2) is 0 Å². The van der Waals surface area contributed by atoms with Gasteiger partial charge in [0, 0.05) is 13.1 Å². The maximum absolute atomic E-state index is 12.2. The van der Waals surface area contributed by atoms with Crippen molar-refractivity contribution in [3.05, 3.63) is 0 Å². The summed E-state index contributed by atoms with van der Waals surface area (Å²) in [7, 11) is 1.72. The molecule has 0 bridgehead atoms. The molecule has 0 spiro atoms. The molecule has 4 heteroatoms. The fourth-order valence-corrected chi connectivity index (χ4v) is 4.22. The molecule has 1 aliphatic carbocycles. The SMILES string of the molecule is CCCC1CCC(C#N)C(N2CCCCC2C(=O)NC)C1. The van der Waals surface area contributed by atoms with Crippen LogP contribution in [0.1, 0.15) is 58.3 Å². The van der Waals surface area contributed by atoms with E-state index in [2.05, 4.69) is 23.2 Å². The first-order valence-corrected chi connectivity index (χ1v) is 8.58. The van der Waals surface area contributed by atoms with Crippen LogP contribution >= 0.6 is 0 Å². The molecule has 1 saturated heterocycles. The highest BCUT2D eigenvalue weighted by Crippen LogP contribution is 2.37. The quantitative estimate of drug-likeness (QED) is 0.866. The largest absolute Gasteiger partial charge is 0.358 e. The lowest BCUT2D eigenvalue weighted by Crippen LogP contribution is -2.56. The summed E-state index contributed by atoms with van der Waals surface area (Å²) >= 11 is 0. The van der Waals surface area contributed by atoms with Gasteiger partial charge < -0.3 is 5.32 Å². The molecule has 0 aromatic carbocycles. The molecule has 2 rings (SSSR count). The maximum atomic E-state index is 12.2. The average Bonchev–Trinajstić information content (AvgIpc) is 2.54. The molecule has 0 aromatic heterocycles. The standard InChI is InChI=1S/C17H29N3O/c1-3-6-13-8-9-14(12-18)16(11-13)20-10-5-4-7-15(20)17(21)19-2/h13-16H,3-11H2,1-2H3,(H,19,21). The maximum Gasteiger partial charge on any atom is 0.237 e. The monoisotopic (exact) mass is 291 g/mol. The Morgan fingerprint density at radius 1 is 1.33 bits per heavy atom. The molecule has 1 amide bonds. The third kappa shape index (κ3) is 3.77. The zero-order valence-corrected chi connectivity index (χ0v) is 13.5. The third-order valence-electron chi connectivity index (χ3n) is 5.31. The molecule has 1 N–H and O–H groups in total. The lowest BCUT2D eigenvalue weighted by Gasteiger charge is -2.45. The summed E-state index contributed by atoms with van der Waals surface area (Å²) in [5.41, 5.74) is 0. The highest BCUT2D eigenvalue weighted by molar-refractivity contribution is 5.81. The number of likely N-dealkylation sites (N-methyl/N-ethyl adjacent to an activating group) is 1. The van der Waals surface area contributed by atoms with Gasteiger partial charge in [0.25, 0.3) is 0 Å². The van der Waals surface area contributed by atoms with E-state index in [9.17, 15) is 10.1 Å². The molecule has 4 unspecified atom stereocenters. The van der Waals surface area contributed by atoms with Crippen molar-refractivity contribution < 1.29 is 4.79 Å². The molecule has 0 radical (unpaired) electrons. The van der Waals surface area contributed by atoms with E-state index < -0.39 is 0 Å². The van der Waals surface area contributed by atoms with Crippen molar-refractivity contribution in [2.75, 3.05) is 13.6 Å². The van der Waals surface area contributed by atoms with Gasteiger partial charge in [0.2, 0.25) is 5.91 Å². The van der Waals surface area contributed by atoms with Crippen LogP contribution in [-0.2, 0) is 4.79 Å². The molecule has 2 fully saturated rings. The summed E-state index contributed by atoms with van der Waals surface area (Å²) in [6.45, 7) is 3.21. The zero-order valence-electron chi connectivity index (χ0n) is 13.5. The first-order chi connectivity index (χ1) is 10.2. The molecule has 118 valence electrons. The second-order valence-electron chi connectivity index (χ2n) is 6.63. The number of nitriles is 1. The number of hydrogen-bond donors (Lipinski definition) is 1. The molecule has 1 heterocycles. The van der Waals surface area contributed by atoms with Gasteiger partial charge in [-0.25, -0.2) is 0 Å². The van der Waals surface area contributed by atoms with Gasteiger partial charge in [-0.05, 0) is 44.6 Å². The molecule has 1 aliphatic heterocycles. The first kappa shape index (κ1) is 16.3. The van der Waals surface area contributed by atoms with Gasteiger partial charge in [-0.1, -0.05) is 26.2 Å². The Hall–Kier alpha value is -1.08. The zero-order chi connectivity index (χ0) is 15.2. The van der Waals surface area contributed by atoms with Crippen LogP contribution < -0.4 is 5.32 Å². The van der Waals surface area contributed by atoms with Crippen LogP contribution in [0.5, 0.6) is 0 Å². The Balaban J connectivity index is 2.13. The average molecular weight is 291 g/mol. The Morgan fingerprint density at radius 2 is 2.14 bits per heavy atom. The number of rotatable bonds is 4. The second-order valence-corrected chi connectivity index (χ2v) is 6.63. The highest BCUT2D eigenvalue weighted by atomic mass is 16.2. The molecule has 4 atom stereocenters. The van der Waals surface area contributed by atoms with Crippen molar-refractivity contribution in [2.45, 2.75) is 70.4 Å². The van der Waals surface area contributed by atoms with Gasteiger partial charge >= 0.3 is 0 Å². The van der Waals surface area contributed by atoms with Crippen molar-refractivity contribution in [3.63, 3.8) is 0 Å². The lowest BCUT2D eigenvalue weighted by molar-refractivity contribution is -0.129. The minimum absolute atomic E-state index is 0.0232. The van der Waals surface area contributed by atoms with E-state index >= 15 is 0 Å². The van der Waals surface area contributed by atoms with Crippen LogP contribution in [0.4, 0.5) is 0 Å². The molecular weight excluding hydrogens is 262 g/mol. The van der Waals surface area contributed by atoms with Crippen LogP contribution in [0, 0.1) is 23.2 Å². The summed E-state index contributed by atoms with van der Waals surface area (Å²) in [4.78, 5) is 14.5. The number of nitrogens with zero attached hydrogens (tertiary/aromatic N) is 2. The van der Waals surface area contributed by atoms with Gasteiger partial charge in [0.05, 0.1) is 18.0 Å². The predicted octanol–water partition coefficient (Wildman–Crippen LogP) is 2.70. The van der Waals surface area contributed by atoms with Gasteiger partial charge in [-0.15, -0.1) is 0 Å². The Bertz CT molecular complexity index is 390. The van der Waals surface area contributed by atoms with Crippen LogP contribution in [0.3, 0.4) is 0 Å². The topological polar surface area (TPSA) is 56.1 Å². The Labute approximate surface area is 128 Å². The molecular formula is C17H29N3O. The molecule has 4 nitrogen and oxygen atoms in total. The number of carbonyl (C=O) groups is 1. The molecule has 0 aromatic rings. The van der Waals surface area contributed by atoms with Gasteiger partial charge in [-0.3, -0.25) is 9.69 Å². The number of piperidine rings is 1. The Morgan fingerprint density at radius 3 is 2.81 bits per heavy atom. The van der Waals surface area contributed by atoms with E-state index in [1.54, 1.807) is 7.05 Å². The summed E-state index contributed by atoms with van der Waals surface area (Å²) in [5, 5.41) is 12.3. The van der Waals surface area contributed by atoms with Crippen LogP contribution in [-0.4, -0.2) is 36.5 Å². The minimum Gasteiger partial charge on any atom is -0.358 e. The van der Waals surface area contributed by atoms with Crippen molar-refractivity contribution in [1.29, 1.82) is 5.26 Å². The van der Waals surface area contributed by atoms with Crippen molar-refractivity contribution in [3.8, 4) is 6.07 Å². The Kier molecular flexibility index (Phi) is 6.05. The smallest absolute Gasteiger partial charge is 0.237 e. The number of hydrogen-bond acceptors (Lipinski definition) is 3. The first-order valence-electron chi connectivity index (χ1n) is 8.58. The number of carbonyl (C=O) groups excluding carboxylic acids is 1. The van der Waals surface area contributed by atoms with Crippen molar-refractivity contribution >= 4 is 5.91 Å². The normalized spacial score (nSPS) is 34.1. The second kappa shape index (κ2) is 7.79. The van der Waals surface area contributed by atoms with E-state index in [-0.39, 0.29) is 23.9 Å². The predicted molar refractivity (Wildman–Crippen MR) is 83.6 cm³/mol. The number of likely N-dealkylation sites (tertiary alicyclic amines) is 1. The molecule has 2 aliphatic rings. The lowest BCUT2D eigenvalue weighted by atomic mass is 9.75. The van der Waals surface area contributed by atoms with Gasteiger partial charge in [-0.2, -0.15) is 5.26 Å². The van der Waals surface area contributed by atoms with Crippen molar-refractivity contribution in [1.82, 2.24) is 10.2 Å². The fourth-order valence-electron chi connectivity index (χ4n) is 4.22. The van der Waals surface area contributed by atoms with Crippen molar-refractivity contribution in [2.24, 2.45) is 11.8 Å². The molecule has 1 saturated carbocycles. The summed E-state index contributed by atoms with van der Waals surface area (Å²) in [6, 6.07) is 2.78. The van der Waals surface area contributed by atoms with E-state index in [4.69, 9.17) is 0 Å². The van der Waals surface area contributed by atoms with Gasteiger partial charge in [0.1, 0.15) is 0 Å². The van der Waals surface area contributed by atoms with E-state index in [0.29, 0.717) is 0 Å². The summed E-state index contributed by atoms with van der Waals surface area (Å²) in [5.74, 6) is 0.962. The van der Waals surface area contributed by atoms with E-state index in [0.717, 1.165) is 44.6 Å². The minimum atomic E-state index is -0.0232. The summed E-state index contributed by atoms with van der Waals surface area (Å²) < 4.78 is 0. The van der Waals surface area contributed by atoms with Crippen LogP contribution in [0.25, 0.3) is 0 Å². The third-order valence-corrected chi connectivity index (χ3v) is 5.31. The highest BCUT2D eigenvalue weighted by Gasteiger charge is 2.40. The molecule has 21 heavy (non-hydrogen) atoms. The van der Waals surface area contributed by atoms with Crippen LogP contribution in [0.2, 0.25) is 0 Å². The van der Waals surface area contributed by atoms with Crippen LogP contribution in [0.15, 0.2) is 0 Å². The summed E-state index contributed by atoms with van der Waals surface area (Å²) in [6.07, 6.45) is 8.97. The number of amides is 1. The fraction of sp³-hybridized carbons (Fsp3) is 0.882. The van der Waals surface area contributed by atoms with E-state index in [1.165, 1.54) is 19.3 Å². The van der Waals surface area contributed by atoms with E-state index in [1.807, 2.05) is 0 Å². The number of nitrogens with one attached hydrogen (secondary N) is 1.